The van der Waals surface area contributed by atoms with E-state index < -0.39 is 5.97 Å². The molecule has 0 unspecified atom stereocenters. The Kier molecular flexibility index (Phi) is 4.26. The second-order valence-electron chi connectivity index (χ2n) is 3.48. The highest BCUT2D eigenvalue weighted by molar-refractivity contribution is 7.14. The fourth-order valence-electron chi connectivity index (χ4n) is 1.31. The van der Waals surface area contributed by atoms with Crippen LogP contribution >= 0.6 is 11.3 Å². The molecule has 2 rings (SSSR count). The van der Waals surface area contributed by atoms with Crippen LogP contribution in [0.15, 0.2) is 30.5 Å². The molecule has 0 bridgehead atoms. The van der Waals surface area contributed by atoms with Gasteiger partial charge in [-0.1, -0.05) is 29.4 Å². The lowest BCUT2D eigenvalue weighted by Crippen LogP contribution is -2.01. The minimum absolute atomic E-state index is 0.301. The largest absolute Gasteiger partial charge is 0.462 e. The lowest BCUT2D eigenvalue weighted by atomic mass is 10.2. The van der Waals surface area contributed by atoms with Crippen LogP contribution in [-0.4, -0.2) is 17.6 Å². The molecule has 0 atom stereocenters. The van der Waals surface area contributed by atoms with Gasteiger partial charge in [0.2, 0.25) is 0 Å². The quantitative estimate of drug-likeness (QED) is 0.625. The van der Waals surface area contributed by atoms with Gasteiger partial charge in [0.25, 0.3) is 0 Å². The Hall–Kier alpha value is -2.19. The normalized spacial score (nSPS) is 9.58. The number of hydrogen-bond acceptors (Lipinski definition) is 4. The van der Waals surface area contributed by atoms with E-state index in [1.54, 1.807) is 25.1 Å². The molecule has 1 aromatic heterocycles. The minimum Gasteiger partial charge on any atom is -0.462 e. The fraction of sp³-hybridized carbons (Fsp3) is 0.143. The van der Waals surface area contributed by atoms with E-state index in [2.05, 4.69) is 16.8 Å². The number of hydrogen-bond donors (Lipinski definition) is 0. The van der Waals surface area contributed by atoms with Crippen LogP contribution in [0.25, 0.3) is 0 Å². The van der Waals surface area contributed by atoms with Gasteiger partial charge in [-0.25, -0.2) is 14.2 Å². The number of nitrogens with zero attached hydrogens (tertiary/aromatic N) is 1. The van der Waals surface area contributed by atoms with Crippen molar-refractivity contribution in [1.29, 1.82) is 0 Å². The second-order valence-corrected chi connectivity index (χ2v) is 4.51. The smallest absolute Gasteiger partial charge is 0.349 e. The Labute approximate surface area is 114 Å². The monoisotopic (exact) mass is 275 g/mol. The van der Waals surface area contributed by atoms with Gasteiger partial charge in [-0.15, -0.1) is 0 Å². The average molecular weight is 275 g/mol. The first-order valence-corrected chi connectivity index (χ1v) is 6.42. The van der Waals surface area contributed by atoms with Gasteiger partial charge in [0.1, 0.15) is 10.7 Å². The van der Waals surface area contributed by atoms with Crippen LogP contribution in [0.1, 0.15) is 27.2 Å². The second kappa shape index (κ2) is 6.12. The highest BCUT2D eigenvalue weighted by Gasteiger charge is 2.10. The maximum absolute atomic E-state index is 13.3. The predicted octanol–water partition coefficient (Wildman–Crippen LogP) is 2.86. The zero-order valence-corrected chi connectivity index (χ0v) is 11.0. The lowest BCUT2D eigenvalue weighted by Gasteiger charge is -1.95. The third-order valence-electron chi connectivity index (χ3n) is 2.16. The van der Waals surface area contributed by atoms with E-state index in [9.17, 15) is 9.18 Å². The SMILES string of the molecule is CCOC(=O)c1cnc(C#Cc2ccccc2F)s1. The number of ether oxygens (including phenoxy) is 1. The predicted molar refractivity (Wildman–Crippen MR) is 70.5 cm³/mol. The summed E-state index contributed by atoms with van der Waals surface area (Å²) in [6.45, 7) is 2.05. The van der Waals surface area contributed by atoms with Crippen molar-refractivity contribution in [1.82, 2.24) is 4.98 Å². The molecule has 0 aliphatic heterocycles. The molecule has 96 valence electrons. The molecule has 2 aromatic rings. The van der Waals surface area contributed by atoms with E-state index in [-0.39, 0.29) is 5.82 Å². The Morgan fingerprint density at radius 1 is 1.42 bits per heavy atom. The highest BCUT2D eigenvalue weighted by Crippen LogP contribution is 2.13. The molecule has 0 aliphatic rings. The van der Waals surface area contributed by atoms with Crippen LogP contribution in [-0.2, 0) is 4.74 Å². The number of aromatic nitrogens is 1. The third-order valence-corrected chi connectivity index (χ3v) is 3.05. The van der Waals surface area contributed by atoms with Crippen molar-refractivity contribution in [2.24, 2.45) is 0 Å². The number of thiazole rings is 1. The number of halogens is 1. The lowest BCUT2D eigenvalue weighted by molar-refractivity contribution is 0.0532. The number of carbonyl (C=O) groups excluding carboxylic acids is 1. The van der Waals surface area contributed by atoms with Gasteiger partial charge in [-0.05, 0) is 25.0 Å². The summed E-state index contributed by atoms with van der Waals surface area (Å²) >= 11 is 1.12. The maximum Gasteiger partial charge on any atom is 0.349 e. The first-order valence-electron chi connectivity index (χ1n) is 5.60. The molecule has 19 heavy (non-hydrogen) atoms. The summed E-state index contributed by atoms with van der Waals surface area (Å²) in [6, 6.07) is 6.24. The summed E-state index contributed by atoms with van der Waals surface area (Å²) in [7, 11) is 0. The molecule has 3 nitrogen and oxygen atoms in total. The topological polar surface area (TPSA) is 39.2 Å². The average Bonchev–Trinajstić information content (AvgIpc) is 2.87. The van der Waals surface area contributed by atoms with Crippen molar-refractivity contribution in [2.75, 3.05) is 6.61 Å². The number of benzene rings is 1. The summed E-state index contributed by atoms with van der Waals surface area (Å²) in [6.07, 6.45) is 1.41. The van der Waals surface area contributed by atoms with Crippen molar-refractivity contribution in [3.8, 4) is 11.8 Å². The van der Waals surface area contributed by atoms with E-state index in [0.29, 0.717) is 22.1 Å². The van der Waals surface area contributed by atoms with Crippen LogP contribution < -0.4 is 0 Å². The molecular weight excluding hydrogens is 265 g/mol. The van der Waals surface area contributed by atoms with Crippen molar-refractivity contribution >= 4 is 17.3 Å². The molecule has 0 amide bonds. The standard InChI is InChI=1S/C14H10FNO2S/c1-2-18-14(17)12-9-16-13(19-12)8-7-10-5-3-4-6-11(10)15/h3-6,9H,2H2,1H3. The maximum atomic E-state index is 13.3. The Balaban J connectivity index is 2.17. The van der Waals surface area contributed by atoms with Crippen molar-refractivity contribution in [3.63, 3.8) is 0 Å². The summed E-state index contributed by atoms with van der Waals surface area (Å²) in [5.74, 6) is 4.62. The van der Waals surface area contributed by atoms with Crippen molar-refractivity contribution < 1.29 is 13.9 Å². The van der Waals surface area contributed by atoms with Crippen LogP contribution in [0.4, 0.5) is 4.39 Å². The molecule has 0 fully saturated rings. The molecule has 5 heteroatoms. The first-order chi connectivity index (χ1) is 9.20. The van der Waals surface area contributed by atoms with Gasteiger partial charge in [0.05, 0.1) is 18.4 Å². The van der Waals surface area contributed by atoms with Gasteiger partial charge in [-0.3, -0.25) is 0 Å². The van der Waals surface area contributed by atoms with Crippen LogP contribution in [0.5, 0.6) is 0 Å². The molecular formula is C14H10FNO2S. The van der Waals surface area contributed by atoms with Crippen molar-refractivity contribution in [3.05, 3.63) is 51.7 Å². The fourth-order valence-corrected chi connectivity index (χ4v) is 1.98. The summed E-state index contributed by atoms with van der Waals surface area (Å²) in [5.41, 5.74) is 0.301. The van der Waals surface area contributed by atoms with E-state index >= 15 is 0 Å². The van der Waals surface area contributed by atoms with Crippen molar-refractivity contribution in [2.45, 2.75) is 6.92 Å². The Morgan fingerprint density at radius 2 is 2.21 bits per heavy atom. The van der Waals surface area contributed by atoms with Crippen LogP contribution in [0, 0.1) is 17.7 Å². The van der Waals surface area contributed by atoms with Crippen LogP contribution in [0.2, 0.25) is 0 Å². The summed E-state index contributed by atoms with van der Waals surface area (Å²) in [5, 5.41) is 0.450. The van der Waals surface area contributed by atoms with Gasteiger partial charge < -0.3 is 4.74 Å². The molecule has 0 aliphatic carbocycles. The molecule has 0 radical (unpaired) electrons. The van der Waals surface area contributed by atoms with Gasteiger partial charge >= 0.3 is 5.97 Å². The molecule has 0 saturated heterocycles. The third kappa shape index (κ3) is 3.39. The first kappa shape index (κ1) is 13.2. The van der Waals surface area contributed by atoms with E-state index in [1.807, 2.05) is 0 Å². The van der Waals surface area contributed by atoms with Gasteiger partial charge in [-0.2, -0.15) is 0 Å². The van der Waals surface area contributed by atoms with Gasteiger partial charge in [0.15, 0.2) is 5.01 Å². The Bertz CT molecular complexity index is 655. The highest BCUT2D eigenvalue weighted by atomic mass is 32.1. The molecule has 0 N–H and O–H groups in total. The minimum atomic E-state index is -0.418. The summed E-state index contributed by atoms with van der Waals surface area (Å²) in [4.78, 5) is 15.8. The van der Waals surface area contributed by atoms with E-state index in [4.69, 9.17) is 4.74 Å². The molecule has 0 spiro atoms. The zero-order chi connectivity index (χ0) is 13.7. The van der Waals surface area contributed by atoms with E-state index in [0.717, 1.165) is 11.3 Å². The molecule has 1 aromatic carbocycles. The molecule has 1 heterocycles. The number of carbonyl (C=O) groups is 1. The summed E-state index contributed by atoms with van der Waals surface area (Å²) < 4.78 is 18.2. The zero-order valence-electron chi connectivity index (χ0n) is 10.1. The molecule has 0 saturated carbocycles. The van der Waals surface area contributed by atoms with Crippen LogP contribution in [0.3, 0.4) is 0 Å². The van der Waals surface area contributed by atoms with E-state index in [1.165, 1.54) is 12.3 Å². The van der Waals surface area contributed by atoms with Gasteiger partial charge in [0, 0.05) is 0 Å². The number of rotatable bonds is 2. The number of esters is 1. The Morgan fingerprint density at radius 3 is 2.95 bits per heavy atom.